The van der Waals surface area contributed by atoms with E-state index in [9.17, 15) is 14.1 Å². The molecule has 0 bridgehead atoms. The van der Waals surface area contributed by atoms with Crippen molar-refractivity contribution >= 4 is 34.5 Å². The molecular formula is C20H24ClN3O4S. The molecule has 2 aromatic rings. The number of nitrogens with one attached hydrogen (secondary N) is 1. The minimum absolute atomic E-state index is 0.0650. The summed E-state index contributed by atoms with van der Waals surface area (Å²) in [6, 6.07) is 9.98. The largest absolute Gasteiger partial charge is 0.508 e. The number of carbonyl (C=O) groups excluding carboxylic acids is 1. The third-order valence-corrected chi connectivity index (χ3v) is 5.78. The molecule has 1 saturated heterocycles. The normalized spacial score (nSPS) is 16.3. The summed E-state index contributed by atoms with van der Waals surface area (Å²) in [6.07, 6.45) is 0.829. The maximum atomic E-state index is 12.8. The molecule has 1 fully saturated rings. The van der Waals surface area contributed by atoms with E-state index < -0.39 is 11.3 Å². The Hall–Kier alpha value is -2.13. The van der Waals surface area contributed by atoms with Gasteiger partial charge in [0, 0.05) is 54.6 Å². The van der Waals surface area contributed by atoms with Gasteiger partial charge in [0.15, 0.2) is 0 Å². The highest BCUT2D eigenvalue weighted by molar-refractivity contribution is 7.80. The van der Waals surface area contributed by atoms with Crippen LogP contribution >= 0.6 is 11.6 Å². The second-order valence-electron chi connectivity index (χ2n) is 7.08. The van der Waals surface area contributed by atoms with Crippen LogP contribution in [0, 0.1) is 6.92 Å². The molecule has 7 nitrogen and oxygen atoms in total. The summed E-state index contributed by atoms with van der Waals surface area (Å²) < 4.78 is 22.0. The Balaban J connectivity index is 1.61. The zero-order valence-electron chi connectivity index (χ0n) is 16.1. The van der Waals surface area contributed by atoms with E-state index >= 15 is 0 Å². The summed E-state index contributed by atoms with van der Waals surface area (Å²) >= 11 is 4.05. The zero-order chi connectivity index (χ0) is 21.0. The first-order chi connectivity index (χ1) is 13.8. The monoisotopic (exact) mass is 437 g/mol. The lowest BCUT2D eigenvalue weighted by Crippen LogP contribution is -2.35. The topological polar surface area (TPSA) is 93.1 Å². The highest BCUT2D eigenvalue weighted by Gasteiger charge is 2.21. The summed E-state index contributed by atoms with van der Waals surface area (Å²) in [5, 5.41) is 10.8. The van der Waals surface area contributed by atoms with Gasteiger partial charge in [0.2, 0.25) is 0 Å². The number of aromatic hydroxyl groups is 1. The van der Waals surface area contributed by atoms with Gasteiger partial charge >= 0.3 is 0 Å². The molecular weight excluding hydrogens is 414 g/mol. The molecule has 1 amide bonds. The fourth-order valence-corrected chi connectivity index (χ4v) is 3.90. The highest BCUT2D eigenvalue weighted by Crippen LogP contribution is 2.27. The van der Waals surface area contributed by atoms with Crippen LogP contribution < -0.4 is 4.72 Å². The molecule has 9 heteroatoms. The Morgan fingerprint density at radius 1 is 1.17 bits per heavy atom. The molecule has 2 aromatic carbocycles. The van der Waals surface area contributed by atoms with Crippen LogP contribution in [0.15, 0.2) is 36.4 Å². The van der Waals surface area contributed by atoms with E-state index in [1.165, 1.54) is 0 Å². The van der Waals surface area contributed by atoms with Crippen molar-refractivity contribution in [2.75, 3.05) is 30.9 Å². The smallest absolute Gasteiger partial charge is 0.259 e. The summed E-state index contributed by atoms with van der Waals surface area (Å²) in [7, 11) is 0. The Morgan fingerprint density at radius 2 is 1.90 bits per heavy atom. The summed E-state index contributed by atoms with van der Waals surface area (Å²) in [5.41, 5.74) is 2.63. The van der Waals surface area contributed by atoms with Gasteiger partial charge < -0.3 is 10.0 Å². The van der Waals surface area contributed by atoms with Crippen molar-refractivity contribution in [1.82, 2.24) is 9.80 Å². The predicted octanol–water partition coefficient (Wildman–Crippen LogP) is 3.25. The Labute approximate surface area is 177 Å². The van der Waals surface area contributed by atoms with Gasteiger partial charge in [-0.3, -0.25) is 19.0 Å². The number of hydrogen-bond donors (Lipinski definition) is 3. The maximum absolute atomic E-state index is 12.8. The Bertz CT molecular complexity index is 907. The minimum Gasteiger partial charge on any atom is -0.508 e. The third kappa shape index (κ3) is 5.70. The average molecular weight is 438 g/mol. The molecule has 3 rings (SSSR count). The molecule has 1 aliphatic rings. The predicted molar refractivity (Wildman–Crippen MR) is 114 cm³/mol. The second kappa shape index (κ2) is 9.58. The van der Waals surface area contributed by atoms with Crippen molar-refractivity contribution in [3.8, 4) is 5.75 Å². The van der Waals surface area contributed by atoms with Crippen molar-refractivity contribution in [2.24, 2.45) is 0 Å². The van der Waals surface area contributed by atoms with Gasteiger partial charge in [-0.1, -0.05) is 11.6 Å². The Morgan fingerprint density at radius 3 is 2.59 bits per heavy atom. The number of benzene rings is 2. The minimum atomic E-state index is -2.14. The quantitative estimate of drug-likeness (QED) is 0.624. The third-order valence-electron chi connectivity index (χ3n) is 4.97. The van der Waals surface area contributed by atoms with Crippen molar-refractivity contribution in [3.63, 3.8) is 0 Å². The van der Waals surface area contributed by atoms with Gasteiger partial charge in [-0.25, -0.2) is 4.21 Å². The molecule has 1 atom stereocenters. The van der Waals surface area contributed by atoms with Gasteiger partial charge in [-0.05, 0) is 55.3 Å². The van der Waals surface area contributed by atoms with Gasteiger partial charge in [-0.2, -0.15) is 0 Å². The van der Waals surface area contributed by atoms with Crippen LogP contribution in [0.25, 0.3) is 0 Å². The van der Waals surface area contributed by atoms with E-state index in [1.54, 1.807) is 36.4 Å². The number of amides is 1. The lowest BCUT2D eigenvalue weighted by Gasteiger charge is -2.22. The SMILES string of the molecule is Cc1cc(O)c(CN2CCCN(C(=O)c3ccc(NS(=O)O)cc3)CC2)cc1Cl. The fourth-order valence-electron chi connectivity index (χ4n) is 3.37. The van der Waals surface area contributed by atoms with E-state index in [-0.39, 0.29) is 11.7 Å². The molecule has 156 valence electrons. The van der Waals surface area contributed by atoms with Crippen LogP contribution in [-0.4, -0.2) is 55.8 Å². The number of halogens is 1. The molecule has 29 heavy (non-hydrogen) atoms. The standard InChI is InChI=1S/C20H24ClN3O4S/c1-14-11-19(25)16(12-18(14)21)13-23-7-2-8-24(10-9-23)20(26)15-3-5-17(6-4-15)22-29(27)28/h3-6,11-12,22,25H,2,7-10,13H2,1H3,(H,27,28). The first kappa shape index (κ1) is 21.6. The van der Waals surface area contributed by atoms with E-state index in [2.05, 4.69) is 9.62 Å². The molecule has 0 radical (unpaired) electrons. The van der Waals surface area contributed by atoms with Gasteiger partial charge in [-0.15, -0.1) is 0 Å². The number of phenolic OH excluding ortho intramolecular Hbond substituents is 1. The van der Waals surface area contributed by atoms with Crippen molar-refractivity contribution in [3.05, 3.63) is 58.1 Å². The number of carbonyl (C=O) groups is 1. The van der Waals surface area contributed by atoms with Crippen molar-refractivity contribution in [1.29, 1.82) is 0 Å². The summed E-state index contributed by atoms with van der Waals surface area (Å²) in [5.74, 6) is 0.173. The van der Waals surface area contributed by atoms with E-state index in [0.717, 1.165) is 24.1 Å². The molecule has 1 aliphatic heterocycles. The van der Waals surface area contributed by atoms with Crippen molar-refractivity contribution in [2.45, 2.75) is 19.9 Å². The number of phenols is 1. The maximum Gasteiger partial charge on any atom is 0.259 e. The van der Waals surface area contributed by atoms with Gasteiger partial charge in [0.25, 0.3) is 17.2 Å². The van der Waals surface area contributed by atoms with Crippen LogP contribution in [-0.2, 0) is 17.8 Å². The summed E-state index contributed by atoms with van der Waals surface area (Å²) in [6.45, 7) is 5.18. The first-order valence-electron chi connectivity index (χ1n) is 9.30. The molecule has 1 unspecified atom stereocenters. The number of aryl methyl sites for hydroxylation is 1. The first-order valence-corrected chi connectivity index (χ1v) is 10.8. The molecule has 0 saturated carbocycles. The average Bonchev–Trinajstić information content (AvgIpc) is 2.91. The molecule has 1 heterocycles. The second-order valence-corrected chi connectivity index (χ2v) is 8.19. The molecule has 0 aromatic heterocycles. The lowest BCUT2D eigenvalue weighted by molar-refractivity contribution is 0.0761. The van der Waals surface area contributed by atoms with Crippen molar-refractivity contribution < 1.29 is 18.7 Å². The Kier molecular flexibility index (Phi) is 7.13. The van der Waals surface area contributed by atoms with Crippen LogP contribution in [0.5, 0.6) is 5.75 Å². The number of nitrogens with zero attached hydrogens (tertiary/aromatic N) is 2. The van der Waals surface area contributed by atoms with E-state index in [0.29, 0.717) is 42.5 Å². The van der Waals surface area contributed by atoms with Gasteiger partial charge in [0.1, 0.15) is 5.75 Å². The van der Waals surface area contributed by atoms with Crippen LogP contribution in [0.1, 0.15) is 27.9 Å². The lowest BCUT2D eigenvalue weighted by atomic mass is 10.1. The van der Waals surface area contributed by atoms with Crippen LogP contribution in [0.4, 0.5) is 5.69 Å². The number of anilines is 1. The summed E-state index contributed by atoms with van der Waals surface area (Å²) in [4.78, 5) is 16.8. The van der Waals surface area contributed by atoms with Gasteiger partial charge in [0.05, 0.1) is 0 Å². The number of rotatable bonds is 5. The van der Waals surface area contributed by atoms with Crippen LogP contribution in [0.2, 0.25) is 5.02 Å². The zero-order valence-corrected chi connectivity index (χ0v) is 17.7. The molecule has 3 N–H and O–H groups in total. The highest BCUT2D eigenvalue weighted by atomic mass is 35.5. The van der Waals surface area contributed by atoms with E-state index in [4.69, 9.17) is 16.2 Å². The fraction of sp³-hybridized carbons (Fsp3) is 0.350. The molecule has 0 aliphatic carbocycles. The number of hydrogen-bond acceptors (Lipinski definition) is 4. The molecule has 0 spiro atoms. The van der Waals surface area contributed by atoms with Crippen LogP contribution in [0.3, 0.4) is 0 Å². The van der Waals surface area contributed by atoms with E-state index in [1.807, 2.05) is 11.8 Å².